The second kappa shape index (κ2) is 7.48. The SMILES string of the molecule is O=C(Nc1cccc(F)c1)c1cc(NCc2ccccc2F)ncn1. The molecule has 0 fully saturated rings. The minimum atomic E-state index is -0.498. The Kier molecular flexibility index (Phi) is 4.94. The third kappa shape index (κ3) is 4.35. The van der Waals surface area contributed by atoms with E-state index in [0.29, 0.717) is 17.1 Å². The van der Waals surface area contributed by atoms with Gasteiger partial charge >= 0.3 is 0 Å². The van der Waals surface area contributed by atoms with E-state index in [0.717, 1.165) is 0 Å². The summed E-state index contributed by atoms with van der Waals surface area (Å²) < 4.78 is 26.8. The summed E-state index contributed by atoms with van der Waals surface area (Å²) in [6.45, 7) is 0.217. The van der Waals surface area contributed by atoms with Gasteiger partial charge in [-0.15, -0.1) is 0 Å². The molecule has 2 aromatic carbocycles. The predicted octanol–water partition coefficient (Wildman–Crippen LogP) is 3.62. The Balaban J connectivity index is 1.68. The molecule has 0 spiro atoms. The smallest absolute Gasteiger partial charge is 0.274 e. The van der Waals surface area contributed by atoms with Crippen LogP contribution in [0.5, 0.6) is 0 Å². The standard InChI is InChI=1S/C18H14F2N4O/c19-13-5-3-6-14(8-13)24-18(25)16-9-17(23-11-22-16)21-10-12-4-1-2-7-15(12)20/h1-9,11H,10H2,(H,24,25)(H,21,22,23). The molecule has 2 N–H and O–H groups in total. The number of nitrogens with zero attached hydrogens (tertiary/aromatic N) is 2. The first-order valence-electron chi connectivity index (χ1n) is 7.48. The number of aromatic nitrogens is 2. The molecule has 0 aliphatic carbocycles. The monoisotopic (exact) mass is 340 g/mol. The van der Waals surface area contributed by atoms with Crippen LogP contribution in [0.25, 0.3) is 0 Å². The lowest BCUT2D eigenvalue weighted by atomic mass is 10.2. The van der Waals surface area contributed by atoms with Crippen molar-refractivity contribution in [3.8, 4) is 0 Å². The van der Waals surface area contributed by atoms with Crippen molar-refractivity contribution < 1.29 is 13.6 Å². The fourth-order valence-electron chi connectivity index (χ4n) is 2.17. The third-order valence-corrected chi connectivity index (χ3v) is 3.40. The van der Waals surface area contributed by atoms with Crippen LogP contribution in [0.4, 0.5) is 20.3 Å². The van der Waals surface area contributed by atoms with Crippen molar-refractivity contribution in [3.05, 3.63) is 83.8 Å². The van der Waals surface area contributed by atoms with Gasteiger partial charge in [0.1, 0.15) is 29.5 Å². The number of hydrogen-bond acceptors (Lipinski definition) is 4. The Morgan fingerprint density at radius 2 is 1.84 bits per heavy atom. The number of nitrogens with one attached hydrogen (secondary N) is 2. The zero-order valence-corrected chi connectivity index (χ0v) is 13.0. The number of anilines is 2. The average molecular weight is 340 g/mol. The summed E-state index contributed by atoms with van der Waals surface area (Å²) in [4.78, 5) is 20.1. The average Bonchev–Trinajstić information content (AvgIpc) is 2.61. The number of benzene rings is 2. The molecule has 7 heteroatoms. The molecular weight excluding hydrogens is 326 g/mol. The molecule has 3 aromatic rings. The molecule has 0 saturated heterocycles. The zero-order chi connectivity index (χ0) is 17.6. The molecule has 0 unspecified atom stereocenters. The minimum absolute atomic E-state index is 0.107. The summed E-state index contributed by atoms with van der Waals surface area (Å²) in [7, 11) is 0. The number of carbonyl (C=O) groups excluding carboxylic acids is 1. The lowest BCUT2D eigenvalue weighted by Gasteiger charge is -2.08. The van der Waals surface area contributed by atoms with Gasteiger partial charge in [-0.1, -0.05) is 24.3 Å². The van der Waals surface area contributed by atoms with Gasteiger partial charge in [-0.3, -0.25) is 4.79 Å². The quantitative estimate of drug-likeness (QED) is 0.744. The molecule has 1 aromatic heterocycles. The number of rotatable bonds is 5. The lowest BCUT2D eigenvalue weighted by molar-refractivity contribution is 0.102. The van der Waals surface area contributed by atoms with E-state index in [-0.39, 0.29) is 18.1 Å². The van der Waals surface area contributed by atoms with E-state index < -0.39 is 11.7 Å². The largest absolute Gasteiger partial charge is 0.366 e. The first-order valence-corrected chi connectivity index (χ1v) is 7.48. The lowest BCUT2D eigenvalue weighted by Crippen LogP contribution is -2.15. The van der Waals surface area contributed by atoms with Crippen molar-refractivity contribution in [2.75, 3.05) is 10.6 Å². The number of hydrogen-bond donors (Lipinski definition) is 2. The van der Waals surface area contributed by atoms with Gasteiger partial charge in [-0.05, 0) is 24.3 Å². The van der Waals surface area contributed by atoms with Crippen molar-refractivity contribution >= 4 is 17.4 Å². The highest BCUT2D eigenvalue weighted by atomic mass is 19.1. The van der Waals surface area contributed by atoms with Crippen molar-refractivity contribution in [1.82, 2.24) is 9.97 Å². The van der Waals surface area contributed by atoms with Crippen LogP contribution in [-0.4, -0.2) is 15.9 Å². The molecule has 0 aliphatic heterocycles. The molecule has 25 heavy (non-hydrogen) atoms. The van der Waals surface area contributed by atoms with Gasteiger partial charge in [0.15, 0.2) is 0 Å². The van der Waals surface area contributed by atoms with Gasteiger partial charge in [0, 0.05) is 23.9 Å². The van der Waals surface area contributed by atoms with E-state index in [1.807, 2.05) is 0 Å². The summed E-state index contributed by atoms with van der Waals surface area (Å²) in [5.41, 5.74) is 0.909. The van der Waals surface area contributed by atoms with E-state index in [2.05, 4.69) is 20.6 Å². The van der Waals surface area contributed by atoms with E-state index in [9.17, 15) is 13.6 Å². The Labute approximate surface area is 142 Å². The highest BCUT2D eigenvalue weighted by Gasteiger charge is 2.10. The predicted molar refractivity (Wildman–Crippen MR) is 90.1 cm³/mol. The van der Waals surface area contributed by atoms with Crippen LogP contribution in [0.1, 0.15) is 16.1 Å². The second-order valence-corrected chi connectivity index (χ2v) is 5.20. The molecule has 1 amide bonds. The molecule has 1 heterocycles. The molecule has 0 bridgehead atoms. The summed E-state index contributed by atoms with van der Waals surface area (Å²) in [5, 5.41) is 5.49. The van der Waals surface area contributed by atoms with Crippen molar-refractivity contribution in [2.24, 2.45) is 0 Å². The Morgan fingerprint density at radius 1 is 1.00 bits per heavy atom. The fraction of sp³-hybridized carbons (Fsp3) is 0.0556. The molecule has 0 atom stereocenters. The van der Waals surface area contributed by atoms with Gasteiger partial charge in [0.05, 0.1) is 0 Å². The summed E-state index contributed by atoms with van der Waals surface area (Å²) >= 11 is 0. The molecule has 126 valence electrons. The topological polar surface area (TPSA) is 66.9 Å². The fourth-order valence-corrected chi connectivity index (χ4v) is 2.17. The normalized spacial score (nSPS) is 10.3. The minimum Gasteiger partial charge on any atom is -0.366 e. The van der Waals surface area contributed by atoms with Gasteiger partial charge in [0.2, 0.25) is 0 Å². The van der Waals surface area contributed by atoms with Crippen molar-refractivity contribution in [2.45, 2.75) is 6.54 Å². The highest BCUT2D eigenvalue weighted by Crippen LogP contribution is 2.13. The van der Waals surface area contributed by atoms with Crippen LogP contribution >= 0.6 is 0 Å². The summed E-state index contributed by atoms with van der Waals surface area (Å²) in [6.07, 6.45) is 1.23. The van der Waals surface area contributed by atoms with E-state index in [1.54, 1.807) is 24.3 Å². The number of carbonyl (C=O) groups is 1. The maximum Gasteiger partial charge on any atom is 0.274 e. The van der Waals surface area contributed by atoms with Crippen LogP contribution in [0.3, 0.4) is 0 Å². The molecule has 0 radical (unpaired) electrons. The summed E-state index contributed by atoms with van der Waals surface area (Å²) in [6, 6.07) is 13.4. The van der Waals surface area contributed by atoms with Gasteiger partial charge in [-0.25, -0.2) is 18.7 Å². The van der Waals surface area contributed by atoms with Gasteiger partial charge < -0.3 is 10.6 Å². The number of halogens is 2. The Bertz CT molecular complexity index is 902. The Hall–Kier alpha value is -3.35. The van der Waals surface area contributed by atoms with Crippen LogP contribution in [-0.2, 0) is 6.54 Å². The molecule has 3 rings (SSSR count). The van der Waals surface area contributed by atoms with Gasteiger partial charge in [0.25, 0.3) is 5.91 Å². The zero-order valence-electron chi connectivity index (χ0n) is 13.0. The first-order chi connectivity index (χ1) is 12.1. The van der Waals surface area contributed by atoms with Crippen LogP contribution in [0, 0.1) is 11.6 Å². The molecule has 5 nitrogen and oxygen atoms in total. The third-order valence-electron chi connectivity index (χ3n) is 3.40. The van der Waals surface area contributed by atoms with E-state index in [1.165, 1.54) is 36.7 Å². The summed E-state index contributed by atoms with van der Waals surface area (Å²) in [5.74, 6) is -0.898. The van der Waals surface area contributed by atoms with Gasteiger partial charge in [-0.2, -0.15) is 0 Å². The van der Waals surface area contributed by atoms with E-state index >= 15 is 0 Å². The van der Waals surface area contributed by atoms with E-state index in [4.69, 9.17) is 0 Å². The highest BCUT2D eigenvalue weighted by molar-refractivity contribution is 6.03. The number of amides is 1. The Morgan fingerprint density at radius 3 is 2.64 bits per heavy atom. The second-order valence-electron chi connectivity index (χ2n) is 5.20. The molecule has 0 saturated carbocycles. The van der Waals surface area contributed by atoms with Crippen LogP contribution in [0.15, 0.2) is 60.9 Å². The van der Waals surface area contributed by atoms with Crippen LogP contribution < -0.4 is 10.6 Å². The maximum atomic E-state index is 13.6. The molecule has 0 aliphatic rings. The van der Waals surface area contributed by atoms with Crippen LogP contribution in [0.2, 0.25) is 0 Å². The van der Waals surface area contributed by atoms with Crippen molar-refractivity contribution in [3.63, 3.8) is 0 Å². The maximum absolute atomic E-state index is 13.6. The first kappa shape index (κ1) is 16.5. The molecular formula is C18H14F2N4O. The van der Waals surface area contributed by atoms with Crippen molar-refractivity contribution in [1.29, 1.82) is 0 Å².